The van der Waals surface area contributed by atoms with Crippen LogP contribution in [0.4, 0.5) is 11.4 Å². The topological polar surface area (TPSA) is 49.4 Å². The summed E-state index contributed by atoms with van der Waals surface area (Å²) in [7, 11) is 0. The second kappa shape index (κ2) is 6.39. The Morgan fingerprint density at radius 1 is 0.667 bits per heavy atom. The van der Waals surface area contributed by atoms with Crippen molar-refractivity contribution in [1.29, 1.82) is 0 Å². The van der Waals surface area contributed by atoms with Gasteiger partial charge in [0.2, 0.25) is 0 Å². The third-order valence-corrected chi connectivity index (χ3v) is 2.19. The van der Waals surface area contributed by atoms with Gasteiger partial charge >= 0.3 is 0 Å². The molecule has 0 aliphatic carbocycles. The summed E-state index contributed by atoms with van der Waals surface area (Å²) in [6.45, 7) is 1.85. The van der Waals surface area contributed by atoms with Gasteiger partial charge in [0.05, 0.1) is 11.4 Å². The van der Waals surface area contributed by atoms with E-state index in [0.717, 1.165) is 11.4 Å². The Morgan fingerprint density at radius 3 is 1.44 bits per heavy atom. The van der Waals surface area contributed by atoms with Gasteiger partial charge in [0.1, 0.15) is 0 Å². The molecule has 0 bridgehead atoms. The summed E-state index contributed by atoms with van der Waals surface area (Å²) in [5, 5.41) is 16.3. The van der Waals surface area contributed by atoms with E-state index in [9.17, 15) is 0 Å². The zero-order chi connectivity index (χ0) is 12.6. The van der Waals surface area contributed by atoms with Gasteiger partial charge in [-0.05, 0) is 31.2 Å². The maximum Gasteiger partial charge on any atom is 0.179 e. The Hall–Kier alpha value is -2.36. The lowest BCUT2D eigenvalue weighted by Crippen LogP contribution is -1.88. The molecule has 0 aliphatic rings. The normalized spacial score (nSPS) is 13.2. The summed E-state index contributed by atoms with van der Waals surface area (Å²) in [6.07, 6.45) is -0.287. The third kappa shape index (κ3) is 3.90. The van der Waals surface area contributed by atoms with E-state index < -0.39 is 0 Å². The first-order chi connectivity index (χ1) is 8.84. The van der Waals surface area contributed by atoms with E-state index in [2.05, 4.69) is 20.5 Å². The van der Waals surface area contributed by atoms with Gasteiger partial charge in [0, 0.05) is 0 Å². The molecule has 2 aromatic rings. The highest BCUT2D eigenvalue weighted by atomic mass is 15.3. The van der Waals surface area contributed by atoms with Crippen LogP contribution in [0.25, 0.3) is 0 Å². The molecule has 0 radical (unpaired) electrons. The number of benzene rings is 2. The predicted octanol–water partition coefficient (Wildman–Crippen LogP) is 4.90. The Bertz CT molecular complexity index is 471. The van der Waals surface area contributed by atoms with Crippen molar-refractivity contribution in [2.75, 3.05) is 0 Å². The summed E-state index contributed by atoms with van der Waals surface area (Å²) in [5.41, 5.74) is 1.64. The second-order valence-corrected chi connectivity index (χ2v) is 3.73. The van der Waals surface area contributed by atoms with E-state index in [1.807, 2.05) is 67.6 Å². The molecule has 0 fully saturated rings. The van der Waals surface area contributed by atoms with Gasteiger partial charge in [-0.2, -0.15) is 20.5 Å². The average molecular weight is 238 g/mol. The van der Waals surface area contributed by atoms with Crippen LogP contribution in [0.5, 0.6) is 0 Å². The first-order valence-electron chi connectivity index (χ1n) is 5.76. The van der Waals surface area contributed by atoms with Crippen molar-refractivity contribution in [3.63, 3.8) is 0 Å². The van der Waals surface area contributed by atoms with E-state index in [4.69, 9.17) is 0 Å². The summed E-state index contributed by atoms with van der Waals surface area (Å²) in [5.74, 6) is 0. The van der Waals surface area contributed by atoms with Crippen molar-refractivity contribution in [3.8, 4) is 0 Å². The highest BCUT2D eigenvalue weighted by molar-refractivity contribution is 5.35. The first kappa shape index (κ1) is 12.1. The molecule has 4 heteroatoms. The van der Waals surface area contributed by atoms with E-state index in [-0.39, 0.29) is 6.17 Å². The lowest BCUT2D eigenvalue weighted by Gasteiger charge is -1.96. The van der Waals surface area contributed by atoms with E-state index in [1.165, 1.54) is 0 Å². The predicted molar refractivity (Wildman–Crippen MR) is 71.4 cm³/mol. The average Bonchev–Trinajstić information content (AvgIpc) is 2.45. The molecule has 0 saturated heterocycles. The zero-order valence-corrected chi connectivity index (χ0v) is 10.1. The van der Waals surface area contributed by atoms with Crippen LogP contribution in [-0.4, -0.2) is 6.17 Å². The fraction of sp³-hybridized carbons (Fsp3) is 0.143. The minimum absolute atomic E-state index is 0.287. The van der Waals surface area contributed by atoms with E-state index in [1.54, 1.807) is 0 Å². The maximum atomic E-state index is 4.09. The van der Waals surface area contributed by atoms with Crippen LogP contribution in [-0.2, 0) is 0 Å². The third-order valence-electron chi connectivity index (χ3n) is 2.19. The van der Waals surface area contributed by atoms with Crippen molar-refractivity contribution in [3.05, 3.63) is 60.7 Å². The summed E-state index contributed by atoms with van der Waals surface area (Å²) < 4.78 is 0. The molecule has 2 aromatic carbocycles. The van der Waals surface area contributed by atoms with Gasteiger partial charge in [-0.15, -0.1) is 0 Å². The molecule has 90 valence electrons. The van der Waals surface area contributed by atoms with Crippen LogP contribution >= 0.6 is 0 Å². The zero-order valence-electron chi connectivity index (χ0n) is 10.1. The van der Waals surface area contributed by atoms with Crippen molar-refractivity contribution >= 4 is 11.4 Å². The molecule has 0 aliphatic heterocycles. The molecular weight excluding hydrogens is 224 g/mol. The fourth-order valence-corrected chi connectivity index (χ4v) is 1.31. The van der Waals surface area contributed by atoms with Crippen LogP contribution in [0, 0.1) is 0 Å². The molecule has 0 saturated carbocycles. The van der Waals surface area contributed by atoms with Crippen LogP contribution < -0.4 is 0 Å². The standard InChI is InChI=1S/C14H14N4/c1-12(15-17-13-8-4-2-5-9-13)16-18-14-10-6-3-7-11-14/h2-12H,1H3. The SMILES string of the molecule is CC(N=Nc1ccccc1)N=Nc1ccccc1. The van der Waals surface area contributed by atoms with Gasteiger partial charge in [-0.1, -0.05) is 36.4 Å². The van der Waals surface area contributed by atoms with Crippen molar-refractivity contribution in [1.82, 2.24) is 0 Å². The van der Waals surface area contributed by atoms with Crippen LogP contribution in [0.3, 0.4) is 0 Å². The molecule has 0 unspecified atom stereocenters. The Morgan fingerprint density at radius 2 is 1.06 bits per heavy atom. The minimum atomic E-state index is -0.287. The van der Waals surface area contributed by atoms with Gasteiger partial charge < -0.3 is 0 Å². The summed E-state index contributed by atoms with van der Waals surface area (Å²) in [6, 6.07) is 19.1. The Balaban J connectivity index is 1.95. The lowest BCUT2D eigenvalue weighted by molar-refractivity contribution is 0.704. The number of azo groups is 2. The largest absolute Gasteiger partial charge is 0.179 e. The molecule has 4 nitrogen and oxygen atoms in total. The molecular formula is C14H14N4. The molecule has 0 spiro atoms. The molecule has 0 amide bonds. The van der Waals surface area contributed by atoms with Gasteiger partial charge in [0.15, 0.2) is 6.17 Å². The fourth-order valence-electron chi connectivity index (χ4n) is 1.31. The van der Waals surface area contributed by atoms with Gasteiger partial charge in [-0.25, -0.2) is 0 Å². The first-order valence-corrected chi connectivity index (χ1v) is 5.76. The number of nitrogens with zero attached hydrogens (tertiary/aromatic N) is 4. The van der Waals surface area contributed by atoms with Crippen molar-refractivity contribution < 1.29 is 0 Å². The molecule has 2 rings (SSSR count). The minimum Gasteiger partial charge on any atom is -0.160 e. The molecule has 0 N–H and O–H groups in total. The number of hydrogen-bond acceptors (Lipinski definition) is 4. The van der Waals surface area contributed by atoms with E-state index in [0.29, 0.717) is 0 Å². The second-order valence-electron chi connectivity index (χ2n) is 3.73. The monoisotopic (exact) mass is 238 g/mol. The van der Waals surface area contributed by atoms with Crippen LogP contribution in [0.1, 0.15) is 6.92 Å². The van der Waals surface area contributed by atoms with Gasteiger partial charge in [-0.3, -0.25) is 0 Å². The molecule has 0 atom stereocenters. The number of hydrogen-bond donors (Lipinski definition) is 0. The Kier molecular flexibility index (Phi) is 4.30. The van der Waals surface area contributed by atoms with Crippen molar-refractivity contribution in [2.45, 2.75) is 13.1 Å². The highest BCUT2D eigenvalue weighted by Crippen LogP contribution is 2.14. The van der Waals surface area contributed by atoms with Crippen LogP contribution in [0.15, 0.2) is 81.1 Å². The smallest absolute Gasteiger partial charge is 0.160 e. The lowest BCUT2D eigenvalue weighted by atomic mass is 10.3. The molecule has 0 heterocycles. The summed E-state index contributed by atoms with van der Waals surface area (Å²) in [4.78, 5) is 0. The quantitative estimate of drug-likeness (QED) is 0.680. The maximum absolute atomic E-state index is 4.09. The molecule has 0 aromatic heterocycles. The number of rotatable bonds is 4. The van der Waals surface area contributed by atoms with Crippen molar-refractivity contribution in [2.24, 2.45) is 20.5 Å². The molecule has 18 heavy (non-hydrogen) atoms. The van der Waals surface area contributed by atoms with Gasteiger partial charge in [0.25, 0.3) is 0 Å². The highest BCUT2D eigenvalue weighted by Gasteiger charge is 1.94. The summed E-state index contributed by atoms with van der Waals surface area (Å²) >= 11 is 0. The Labute approximate surface area is 106 Å². The van der Waals surface area contributed by atoms with E-state index >= 15 is 0 Å². The van der Waals surface area contributed by atoms with Crippen LogP contribution in [0.2, 0.25) is 0 Å².